The molecule has 0 N–H and O–H groups in total. The van der Waals surface area contributed by atoms with Crippen molar-refractivity contribution in [1.82, 2.24) is 13.6 Å². The van der Waals surface area contributed by atoms with Crippen molar-refractivity contribution in [2.75, 3.05) is 32.8 Å². The van der Waals surface area contributed by atoms with E-state index in [-0.39, 0.29) is 6.04 Å². The Morgan fingerprint density at radius 1 is 1.18 bits per heavy atom. The molecule has 0 saturated carbocycles. The van der Waals surface area contributed by atoms with Crippen LogP contribution >= 0.6 is 0 Å². The molecule has 1 atom stereocenters. The standard InChI is InChI=1S/C15H23N3O3S/c19-22(20,17-10-12-21-13-11-17)18-9-1-2-15(18)4-3-14-5-7-16-8-6-14/h5-8,15H,1-4,9-13H2/t15-/m1/s1. The molecule has 0 bridgehead atoms. The Hall–Kier alpha value is -1.02. The lowest BCUT2D eigenvalue weighted by Gasteiger charge is -2.33. The molecule has 0 spiro atoms. The van der Waals surface area contributed by atoms with Crippen LogP contribution in [0.15, 0.2) is 24.5 Å². The van der Waals surface area contributed by atoms with Gasteiger partial charge in [0, 0.05) is 38.1 Å². The Morgan fingerprint density at radius 3 is 2.64 bits per heavy atom. The molecule has 2 aliphatic rings. The van der Waals surface area contributed by atoms with Gasteiger partial charge >= 0.3 is 0 Å². The van der Waals surface area contributed by atoms with Crippen LogP contribution < -0.4 is 0 Å². The first kappa shape index (κ1) is 15.9. The smallest absolute Gasteiger partial charge is 0.282 e. The van der Waals surface area contributed by atoms with Crippen molar-refractivity contribution in [1.29, 1.82) is 0 Å². The predicted molar refractivity (Wildman–Crippen MR) is 83.6 cm³/mol. The molecular formula is C15H23N3O3S. The van der Waals surface area contributed by atoms with Crippen molar-refractivity contribution in [3.8, 4) is 0 Å². The molecule has 0 aromatic carbocycles. The molecule has 3 rings (SSSR count). The van der Waals surface area contributed by atoms with E-state index in [2.05, 4.69) is 4.98 Å². The van der Waals surface area contributed by atoms with E-state index in [4.69, 9.17) is 4.74 Å². The molecule has 0 unspecified atom stereocenters. The number of aryl methyl sites for hydroxylation is 1. The monoisotopic (exact) mass is 325 g/mol. The van der Waals surface area contributed by atoms with E-state index in [0.29, 0.717) is 32.8 Å². The van der Waals surface area contributed by atoms with Crippen LogP contribution in [0.5, 0.6) is 0 Å². The number of hydrogen-bond donors (Lipinski definition) is 0. The quantitative estimate of drug-likeness (QED) is 0.812. The number of aromatic nitrogens is 1. The summed E-state index contributed by atoms with van der Waals surface area (Å²) in [5, 5.41) is 0. The van der Waals surface area contributed by atoms with Gasteiger partial charge in [0.25, 0.3) is 10.2 Å². The van der Waals surface area contributed by atoms with Crippen LogP contribution in [0.25, 0.3) is 0 Å². The molecule has 22 heavy (non-hydrogen) atoms. The summed E-state index contributed by atoms with van der Waals surface area (Å²) < 4.78 is 34.1. The van der Waals surface area contributed by atoms with E-state index in [1.165, 1.54) is 5.56 Å². The maximum Gasteiger partial charge on any atom is 0.282 e. The fourth-order valence-corrected chi connectivity index (χ4v) is 5.06. The zero-order valence-electron chi connectivity index (χ0n) is 12.7. The zero-order valence-corrected chi connectivity index (χ0v) is 13.5. The summed E-state index contributed by atoms with van der Waals surface area (Å²) in [5.41, 5.74) is 1.21. The summed E-state index contributed by atoms with van der Waals surface area (Å²) in [5.74, 6) is 0. The van der Waals surface area contributed by atoms with E-state index < -0.39 is 10.2 Å². The molecule has 3 heterocycles. The Balaban J connectivity index is 1.64. The number of ether oxygens (including phenoxy) is 1. The maximum atomic E-state index is 12.8. The van der Waals surface area contributed by atoms with Crippen LogP contribution in [0.4, 0.5) is 0 Å². The number of morpholine rings is 1. The van der Waals surface area contributed by atoms with E-state index in [1.807, 2.05) is 12.1 Å². The highest BCUT2D eigenvalue weighted by molar-refractivity contribution is 7.86. The second-order valence-corrected chi connectivity index (χ2v) is 7.70. The van der Waals surface area contributed by atoms with Crippen molar-refractivity contribution < 1.29 is 13.2 Å². The predicted octanol–water partition coefficient (Wildman–Crippen LogP) is 1.06. The van der Waals surface area contributed by atoms with E-state index >= 15 is 0 Å². The van der Waals surface area contributed by atoms with Crippen LogP contribution in [0.1, 0.15) is 24.8 Å². The van der Waals surface area contributed by atoms with Crippen LogP contribution in [0.2, 0.25) is 0 Å². The topological polar surface area (TPSA) is 62.7 Å². The van der Waals surface area contributed by atoms with Crippen molar-refractivity contribution in [3.63, 3.8) is 0 Å². The van der Waals surface area contributed by atoms with Crippen molar-refractivity contribution in [2.45, 2.75) is 31.7 Å². The van der Waals surface area contributed by atoms with Crippen LogP contribution in [-0.4, -0.2) is 60.9 Å². The largest absolute Gasteiger partial charge is 0.379 e. The second-order valence-electron chi connectivity index (χ2n) is 5.82. The molecule has 0 amide bonds. The zero-order chi connectivity index (χ0) is 15.4. The van der Waals surface area contributed by atoms with Crippen molar-refractivity contribution in [3.05, 3.63) is 30.1 Å². The Kier molecular flexibility index (Phi) is 5.07. The molecule has 2 aliphatic heterocycles. The average Bonchev–Trinajstić information content (AvgIpc) is 3.04. The lowest BCUT2D eigenvalue weighted by Crippen LogP contribution is -2.50. The van der Waals surface area contributed by atoms with Gasteiger partial charge in [0.2, 0.25) is 0 Å². The van der Waals surface area contributed by atoms with Gasteiger partial charge < -0.3 is 4.74 Å². The number of nitrogens with zero attached hydrogens (tertiary/aromatic N) is 3. The Labute approximate surface area is 132 Å². The summed E-state index contributed by atoms with van der Waals surface area (Å²) in [6.45, 7) is 2.57. The third-order valence-electron chi connectivity index (χ3n) is 4.43. The van der Waals surface area contributed by atoms with E-state index in [9.17, 15) is 8.42 Å². The lowest BCUT2D eigenvalue weighted by molar-refractivity contribution is 0.0698. The molecule has 2 fully saturated rings. The van der Waals surface area contributed by atoms with Gasteiger partial charge in [0.05, 0.1) is 13.2 Å². The minimum atomic E-state index is -3.34. The maximum absolute atomic E-state index is 12.8. The third kappa shape index (κ3) is 3.48. The molecule has 2 saturated heterocycles. The normalized spacial score (nSPS) is 24.6. The highest BCUT2D eigenvalue weighted by Gasteiger charge is 2.38. The molecule has 122 valence electrons. The van der Waals surface area contributed by atoms with Gasteiger partial charge in [-0.15, -0.1) is 0 Å². The highest BCUT2D eigenvalue weighted by atomic mass is 32.2. The first-order valence-corrected chi connectivity index (χ1v) is 9.31. The fraction of sp³-hybridized carbons (Fsp3) is 0.667. The van der Waals surface area contributed by atoms with Gasteiger partial charge in [-0.05, 0) is 43.4 Å². The fourth-order valence-electron chi connectivity index (χ4n) is 3.21. The molecular weight excluding hydrogens is 302 g/mol. The summed E-state index contributed by atoms with van der Waals surface area (Å²) in [6.07, 6.45) is 7.23. The minimum Gasteiger partial charge on any atom is -0.379 e. The van der Waals surface area contributed by atoms with Gasteiger partial charge in [0.15, 0.2) is 0 Å². The van der Waals surface area contributed by atoms with E-state index in [1.54, 1.807) is 21.0 Å². The van der Waals surface area contributed by atoms with Gasteiger partial charge in [-0.3, -0.25) is 4.98 Å². The highest BCUT2D eigenvalue weighted by Crippen LogP contribution is 2.27. The third-order valence-corrected chi connectivity index (χ3v) is 6.52. The first-order valence-electron chi connectivity index (χ1n) is 7.91. The van der Waals surface area contributed by atoms with Crippen molar-refractivity contribution in [2.24, 2.45) is 0 Å². The van der Waals surface area contributed by atoms with Gasteiger partial charge in [-0.25, -0.2) is 0 Å². The molecule has 0 radical (unpaired) electrons. The summed E-state index contributed by atoms with van der Waals surface area (Å²) >= 11 is 0. The number of hydrogen-bond acceptors (Lipinski definition) is 4. The summed E-state index contributed by atoms with van der Waals surface area (Å²) in [4.78, 5) is 4.02. The van der Waals surface area contributed by atoms with Crippen LogP contribution in [0, 0.1) is 0 Å². The number of rotatable bonds is 5. The van der Waals surface area contributed by atoms with Crippen LogP contribution in [0.3, 0.4) is 0 Å². The SMILES string of the molecule is O=S(=O)(N1CCOCC1)N1CCC[C@@H]1CCc1ccncc1. The summed E-state index contributed by atoms with van der Waals surface area (Å²) in [7, 11) is -3.34. The van der Waals surface area contributed by atoms with Gasteiger partial charge in [-0.2, -0.15) is 17.0 Å². The van der Waals surface area contributed by atoms with Crippen LogP contribution in [-0.2, 0) is 21.4 Å². The molecule has 1 aromatic rings. The molecule has 6 nitrogen and oxygen atoms in total. The average molecular weight is 325 g/mol. The Morgan fingerprint density at radius 2 is 1.91 bits per heavy atom. The molecule has 7 heteroatoms. The number of pyridine rings is 1. The van der Waals surface area contributed by atoms with Gasteiger partial charge in [0.1, 0.15) is 0 Å². The summed E-state index contributed by atoms with van der Waals surface area (Å²) in [6, 6.07) is 4.10. The Bertz CT molecular complexity index is 573. The lowest BCUT2D eigenvalue weighted by atomic mass is 10.1. The second kappa shape index (κ2) is 7.04. The van der Waals surface area contributed by atoms with E-state index in [0.717, 1.165) is 25.7 Å². The van der Waals surface area contributed by atoms with Gasteiger partial charge in [-0.1, -0.05) is 0 Å². The molecule has 1 aromatic heterocycles. The van der Waals surface area contributed by atoms with Crippen molar-refractivity contribution >= 4 is 10.2 Å². The first-order chi connectivity index (χ1) is 10.7. The molecule has 0 aliphatic carbocycles. The minimum absolute atomic E-state index is 0.112.